The maximum Gasteiger partial charge on any atom is 0.220 e. The van der Waals surface area contributed by atoms with Crippen LogP contribution in [0.15, 0.2) is 0 Å². The minimum absolute atomic E-state index is 0.251. The average molecular weight is 270 g/mol. The lowest BCUT2D eigenvalue weighted by molar-refractivity contribution is -0.121. The summed E-state index contributed by atoms with van der Waals surface area (Å²) >= 11 is 1.92. The highest BCUT2D eigenvalue weighted by Gasteiger charge is 2.36. The summed E-state index contributed by atoms with van der Waals surface area (Å²) in [5.74, 6) is 0.962. The lowest BCUT2D eigenvalue weighted by atomic mass is 9.84. The van der Waals surface area contributed by atoms with Crippen LogP contribution in [-0.2, 0) is 4.79 Å². The molecule has 1 atom stereocenters. The van der Waals surface area contributed by atoms with Gasteiger partial charge in [-0.05, 0) is 57.4 Å². The van der Waals surface area contributed by atoms with Crippen molar-refractivity contribution in [1.82, 2.24) is 10.6 Å². The molecule has 0 aromatic heterocycles. The molecule has 1 saturated heterocycles. The molecule has 1 saturated carbocycles. The van der Waals surface area contributed by atoms with Crippen LogP contribution in [0.3, 0.4) is 0 Å². The summed E-state index contributed by atoms with van der Waals surface area (Å²) in [6, 6.07) is 0. The predicted octanol–water partition coefficient (Wildman–Crippen LogP) is 2.17. The number of carbonyl (C=O) groups is 1. The summed E-state index contributed by atoms with van der Waals surface area (Å²) in [5, 5.41) is 6.54. The standard InChI is InChI=1S/C14H26N2OS/c1-18-14(7-3-8-14)11-16-13(17)6-5-12-4-2-9-15-10-12/h12,15H,2-11H2,1H3,(H,16,17). The molecular formula is C14H26N2OS. The predicted molar refractivity (Wildman–Crippen MR) is 77.9 cm³/mol. The summed E-state index contributed by atoms with van der Waals surface area (Å²) < 4.78 is 0.363. The van der Waals surface area contributed by atoms with Crippen molar-refractivity contribution >= 4 is 17.7 Å². The number of hydrogen-bond acceptors (Lipinski definition) is 3. The highest BCUT2D eigenvalue weighted by Crippen LogP contribution is 2.42. The minimum atomic E-state index is 0.251. The van der Waals surface area contributed by atoms with Crippen LogP contribution < -0.4 is 10.6 Å². The third-order valence-electron chi connectivity index (χ3n) is 4.48. The summed E-state index contributed by atoms with van der Waals surface area (Å²) in [5.41, 5.74) is 0. The average Bonchev–Trinajstić information content (AvgIpc) is 2.37. The fourth-order valence-corrected chi connectivity index (χ4v) is 3.79. The lowest BCUT2D eigenvalue weighted by Gasteiger charge is -2.40. The number of carbonyl (C=O) groups excluding carboxylic acids is 1. The van der Waals surface area contributed by atoms with Crippen LogP contribution in [-0.4, -0.2) is 36.5 Å². The number of rotatable bonds is 6. The quantitative estimate of drug-likeness (QED) is 0.777. The van der Waals surface area contributed by atoms with Crippen molar-refractivity contribution in [2.24, 2.45) is 5.92 Å². The van der Waals surface area contributed by atoms with Crippen molar-refractivity contribution in [3.05, 3.63) is 0 Å². The van der Waals surface area contributed by atoms with Gasteiger partial charge in [0.05, 0.1) is 0 Å². The van der Waals surface area contributed by atoms with E-state index < -0.39 is 0 Å². The molecule has 4 heteroatoms. The molecule has 104 valence electrons. The van der Waals surface area contributed by atoms with Crippen LogP contribution in [0, 0.1) is 5.92 Å². The second-order valence-electron chi connectivity index (χ2n) is 5.77. The molecule has 2 fully saturated rings. The number of thioether (sulfide) groups is 1. The van der Waals surface area contributed by atoms with Gasteiger partial charge in [-0.15, -0.1) is 0 Å². The zero-order chi connectivity index (χ0) is 12.8. The van der Waals surface area contributed by atoms with Crippen LogP contribution >= 0.6 is 11.8 Å². The first kappa shape index (κ1) is 14.2. The van der Waals surface area contributed by atoms with E-state index in [0.29, 0.717) is 17.1 Å². The number of nitrogens with one attached hydrogen (secondary N) is 2. The Morgan fingerprint density at radius 1 is 1.44 bits per heavy atom. The summed E-state index contributed by atoms with van der Waals surface area (Å²) in [6.45, 7) is 3.12. The number of piperidine rings is 1. The van der Waals surface area contributed by atoms with E-state index in [4.69, 9.17) is 0 Å². The van der Waals surface area contributed by atoms with E-state index in [1.54, 1.807) is 0 Å². The van der Waals surface area contributed by atoms with Crippen molar-refractivity contribution in [2.75, 3.05) is 25.9 Å². The normalized spacial score (nSPS) is 26.4. The Morgan fingerprint density at radius 2 is 2.28 bits per heavy atom. The van der Waals surface area contributed by atoms with Gasteiger partial charge in [0.2, 0.25) is 5.91 Å². The molecule has 1 amide bonds. The zero-order valence-corrected chi connectivity index (χ0v) is 12.3. The Hall–Kier alpha value is -0.220. The molecule has 2 N–H and O–H groups in total. The summed E-state index contributed by atoms with van der Waals surface area (Å²) in [6.07, 6.45) is 10.3. The van der Waals surface area contributed by atoms with Crippen LogP contribution in [0.25, 0.3) is 0 Å². The van der Waals surface area contributed by atoms with Crippen LogP contribution in [0.1, 0.15) is 44.9 Å². The fraction of sp³-hybridized carbons (Fsp3) is 0.929. The first-order valence-electron chi connectivity index (χ1n) is 7.27. The lowest BCUT2D eigenvalue weighted by Crippen LogP contribution is -2.45. The van der Waals surface area contributed by atoms with E-state index in [2.05, 4.69) is 16.9 Å². The van der Waals surface area contributed by atoms with Gasteiger partial charge in [0, 0.05) is 17.7 Å². The van der Waals surface area contributed by atoms with Gasteiger partial charge in [0.15, 0.2) is 0 Å². The maximum absolute atomic E-state index is 11.8. The molecule has 1 aliphatic heterocycles. The molecule has 0 aromatic rings. The third-order valence-corrected chi connectivity index (χ3v) is 5.90. The van der Waals surface area contributed by atoms with Gasteiger partial charge in [-0.3, -0.25) is 4.79 Å². The second kappa shape index (κ2) is 6.80. The third kappa shape index (κ3) is 3.89. The van der Waals surface area contributed by atoms with E-state index in [1.807, 2.05) is 11.8 Å². The van der Waals surface area contributed by atoms with E-state index in [-0.39, 0.29) is 5.91 Å². The Bertz CT molecular complexity index is 267. The van der Waals surface area contributed by atoms with Crippen molar-refractivity contribution in [3.63, 3.8) is 0 Å². The van der Waals surface area contributed by atoms with Crippen LogP contribution in [0.4, 0.5) is 0 Å². The smallest absolute Gasteiger partial charge is 0.220 e. The Balaban J connectivity index is 1.59. The topological polar surface area (TPSA) is 41.1 Å². The molecule has 18 heavy (non-hydrogen) atoms. The van der Waals surface area contributed by atoms with Gasteiger partial charge in [0.1, 0.15) is 0 Å². The summed E-state index contributed by atoms with van der Waals surface area (Å²) in [7, 11) is 0. The molecule has 0 aromatic carbocycles. The van der Waals surface area contributed by atoms with E-state index in [1.165, 1.54) is 32.1 Å². The highest BCUT2D eigenvalue weighted by molar-refractivity contribution is 8.00. The second-order valence-corrected chi connectivity index (χ2v) is 7.04. The SMILES string of the molecule is CSC1(CNC(=O)CCC2CCCNC2)CCC1. The Labute approximate surface area is 115 Å². The molecule has 3 nitrogen and oxygen atoms in total. The minimum Gasteiger partial charge on any atom is -0.355 e. The highest BCUT2D eigenvalue weighted by atomic mass is 32.2. The molecule has 0 bridgehead atoms. The zero-order valence-electron chi connectivity index (χ0n) is 11.5. The molecule has 2 rings (SSSR count). The first-order valence-corrected chi connectivity index (χ1v) is 8.49. The van der Waals surface area contributed by atoms with Crippen molar-refractivity contribution in [2.45, 2.75) is 49.7 Å². The van der Waals surface area contributed by atoms with Crippen LogP contribution in [0.5, 0.6) is 0 Å². The van der Waals surface area contributed by atoms with Gasteiger partial charge in [-0.25, -0.2) is 0 Å². The van der Waals surface area contributed by atoms with E-state index >= 15 is 0 Å². The summed E-state index contributed by atoms with van der Waals surface area (Å²) in [4.78, 5) is 11.8. The fourth-order valence-electron chi connectivity index (χ4n) is 2.88. The number of hydrogen-bond donors (Lipinski definition) is 2. The molecule has 1 aliphatic carbocycles. The van der Waals surface area contributed by atoms with Gasteiger partial charge in [0.25, 0.3) is 0 Å². The van der Waals surface area contributed by atoms with E-state index in [9.17, 15) is 4.79 Å². The largest absolute Gasteiger partial charge is 0.355 e. The van der Waals surface area contributed by atoms with Crippen molar-refractivity contribution in [3.8, 4) is 0 Å². The van der Waals surface area contributed by atoms with Gasteiger partial charge < -0.3 is 10.6 Å². The molecule has 0 spiro atoms. The monoisotopic (exact) mass is 270 g/mol. The van der Waals surface area contributed by atoms with Gasteiger partial charge in [-0.2, -0.15) is 11.8 Å². The Kier molecular flexibility index (Phi) is 5.37. The van der Waals surface area contributed by atoms with Gasteiger partial charge >= 0.3 is 0 Å². The molecule has 1 unspecified atom stereocenters. The molecule has 0 radical (unpaired) electrons. The van der Waals surface area contributed by atoms with Gasteiger partial charge in [-0.1, -0.05) is 6.42 Å². The number of amides is 1. The maximum atomic E-state index is 11.8. The Morgan fingerprint density at radius 3 is 2.83 bits per heavy atom. The van der Waals surface area contributed by atoms with E-state index in [0.717, 1.165) is 26.1 Å². The van der Waals surface area contributed by atoms with Crippen LogP contribution in [0.2, 0.25) is 0 Å². The molecule has 1 heterocycles. The first-order chi connectivity index (χ1) is 8.74. The molecular weight excluding hydrogens is 244 g/mol. The van der Waals surface area contributed by atoms with Crippen molar-refractivity contribution < 1.29 is 4.79 Å². The molecule has 2 aliphatic rings. The van der Waals surface area contributed by atoms with Crippen molar-refractivity contribution in [1.29, 1.82) is 0 Å².